The van der Waals surface area contributed by atoms with Crippen LogP contribution in [0.15, 0.2) is 83.7 Å². The third-order valence-electron chi connectivity index (χ3n) is 5.39. The highest BCUT2D eigenvalue weighted by Crippen LogP contribution is 2.23. The molecular weight excluding hydrogens is 388 g/mol. The lowest BCUT2D eigenvalue weighted by Crippen LogP contribution is -2.25. The number of nitrogens with one attached hydrogen (secondary N) is 2. The first-order valence-corrected chi connectivity index (χ1v) is 10.2. The van der Waals surface area contributed by atoms with E-state index in [9.17, 15) is 9.59 Å². The van der Waals surface area contributed by atoms with E-state index in [1.807, 2.05) is 67.7 Å². The number of hydrogen-bond acceptors (Lipinski definition) is 4. The van der Waals surface area contributed by atoms with Crippen molar-refractivity contribution >= 4 is 22.5 Å². The lowest BCUT2D eigenvalue weighted by atomic mass is 10.1. The van der Waals surface area contributed by atoms with Crippen molar-refractivity contribution in [1.82, 2.24) is 14.9 Å². The van der Waals surface area contributed by atoms with E-state index in [1.165, 1.54) is 0 Å². The molecule has 0 radical (unpaired) electrons. The second-order valence-corrected chi connectivity index (χ2v) is 7.57. The minimum Gasteiger partial charge on any atom is -0.322 e. The van der Waals surface area contributed by atoms with Gasteiger partial charge < -0.3 is 10.3 Å². The SMILES string of the molecule is C[C@H](c1cccc(NC(=O)c2ccccc2)c1)N(C)Cc1nc2ccccc2c(=O)[nH]1. The van der Waals surface area contributed by atoms with Crippen molar-refractivity contribution < 1.29 is 4.79 Å². The monoisotopic (exact) mass is 412 g/mol. The van der Waals surface area contributed by atoms with Crippen LogP contribution in [0.4, 0.5) is 5.69 Å². The van der Waals surface area contributed by atoms with Crippen LogP contribution in [-0.2, 0) is 6.54 Å². The molecule has 1 aromatic heterocycles. The van der Waals surface area contributed by atoms with Crippen molar-refractivity contribution in [1.29, 1.82) is 0 Å². The molecule has 3 aromatic carbocycles. The van der Waals surface area contributed by atoms with Crippen LogP contribution in [0, 0.1) is 0 Å². The molecular formula is C25H24N4O2. The Morgan fingerprint density at radius 3 is 2.58 bits per heavy atom. The van der Waals surface area contributed by atoms with Crippen molar-refractivity contribution in [3.05, 3.63) is 106 Å². The average molecular weight is 412 g/mol. The molecule has 2 N–H and O–H groups in total. The summed E-state index contributed by atoms with van der Waals surface area (Å²) in [5.41, 5.74) is 2.96. The van der Waals surface area contributed by atoms with Gasteiger partial charge in [0.05, 0.1) is 17.4 Å². The zero-order chi connectivity index (χ0) is 21.8. The van der Waals surface area contributed by atoms with Crippen molar-refractivity contribution in [3.8, 4) is 0 Å². The number of anilines is 1. The van der Waals surface area contributed by atoms with Crippen LogP contribution in [0.1, 0.15) is 34.7 Å². The summed E-state index contributed by atoms with van der Waals surface area (Å²) < 4.78 is 0. The second kappa shape index (κ2) is 8.93. The lowest BCUT2D eigenvalue weighted by Gasteiger charge is -2.25. The van der Waals surface area contributed by atoms with Gasteiger partial charge in [0.1, 0.15) is 5.82 Å². The van der Waals surface area contributed by atoms with Crippen LogP contribution in [-0.4, -0.2) is 27.8 Å². The molecule has 0 aliphatic heterocycles. The Kier molecular flexibility index (Phi) is 5.91. The van der Waals surface area contributed by atoms with Crippen LogP contribution >= 0.6 is 0 Å². The topological polar surface area (TPSA) is 78.1 Å². The third kappa shape index (κ3) is 4.70. The van der Waals surface area contributed by atoms with E-state index in [-0.39, 0.29) is 17.5 Å². The number of fused-ring (bicyclic) bond motifs is 1. The van der Waals surface area contributed by atoms with Gasteiger partial charge in [-0.2, -0.15) is 0 Å². The number of carbonyl (C=O) groups is 1. The molecule has 4 rings (SSSR count). The molecule has 6 nitrogen and oxygen atoms in total. The number of amides is 1. The van der Waals surface area contributed by atoms with Gasteiger partial charge in [0.2, 0.25) is 0 Å². The van der Waals surface area contributed by atoms with E-state index in [4.69, 9.17) is 0 Å². The summed E-state index contributed by atoms with van der Waals surface area (Å²) >= 11 is 0. The van der Waals surface area contributed by atoms with Crippen LogP contribution in [0.25, 0.3) is 10.9 Å². The van der Waals surface area contributed by atoms with Gasteiger partial charge in [0.15, 0.2) is 0 Å². The molecule has 0 spiro atoms. The molecule has 1 atom stereocenters. The molecule has 0 unspecified atom stereocenters. The zero-order valence-electron chi connectivity index (χ0n) is 17.5. The second-order valence-electron chi connectivity index (χ2n) is 7.57. The number of para-hydroxylation sites is 1. The number of aromatic nitrogens is 2. The molecule has 4 aromatic rings. The molecule has 6 heteroatoms. The Labute approximate surface area is 180 Å². The molecule has 0 aliphatic rings. The van der Waals surface area contributed by atoms with Gasteiger partial charge in [-0.25, -0.2) is 4.98 Å². The van der Waals surface area contributed by atoms with E-state index in [0.717, 1.165) is 11.3 Å². The van der Waals surface area contributed by atoms with E-state index < -0.39 is 0 Å². The molecule has 0 saturated heterocycles. The van der Waals surface area contributed by atoms with Crippen LogP contribution in [0.2, 0.25) is 0 Å². The average Bonchev–Trinajstić information content (AvgIpc) is 2.79. The van der Waals surface area contributed by atoms with Gasteiger partial charge >= 0.3 is 0 Å². The smallest absolute Gasteiger partial charge is 0.258 e. The highest BCUT2D eigenvalue weighted by molar-refractivity contribution is 6.04. The largest absolute Gasteiger partial charge is 0.322 e. The highest BCUT2D eigenvalue weighted by atomic mass is 16.1. The van der Waals surface area contributed by atoms with E-state index >= 15 is 0 Å². The van der Waals surface area contributed by atoms with E-state index in [0.29, 0.717) is 28.8 Å². The van der Waals surface area contributed by atoms with Gasteiger partial charge in [-0.3, -0.25) is 14.5 Å². The van der Waals surface area contributed by atoms with Gasteiger partial charge in [-0.05, 0) is 55.9 Å². The van der Waals surface area contributed by atoms with Crippen molar-refractivity contribution in [2.45, 2.75) is 19.5 Å². The maximum Gasteiger partial charge on any atom is 0.258 e. The number of H-pyrrole nitrogens is 1. The first kappa shape index (κ1) is 20.5. The molecule has 0 fully saturated rings. The van der Waals surface area contributed by atoms with Crippen LogP contribution < -0.4 is 10.9 Å². The summed E-state index contributed by atoms with van der Waals surface area (Å²) in [4.78, 5) is 34.3. The van der Waals surface area contributed by atoms with Crippen molar-refractivity contribution in [3.63, 3.8) is 0 Å². The standard InChI is InChI=1S/C25H24N4O2/c1-17(29(2)16-23-27-22-14-7-6-13-21(22)25(31)28-23)19-11-8-12-20(15-19)26-24(30)18-9-4-3-5-10-18/h3-15,17H,16H2,1-2H3,(H,26,30)(H,27,28,31)/t17-/m1/s1. The maximum absolute atomic E-state index is 12.4. The summed E-state index contributed by atoms with van der Waals surface area (Å²) in [5.74, 6) is 0.475. The fraction of sp³-hybridized carbons (Fsp3) is 0.160. The molecule has 31 heavy (non-hydrogen) atoms. The fourth-order valence-electron chi connectivity index (χ4n) is 3.51. The summed E-state index contributed by atoms with van der Waals surface area (Å²) in [6, 6.07) is 24.3. The predicted octanol–water partition coefficient (Wildman–Crippen LogP) is 4.37. The van der Waals surface area contributed by atoms with Gasteiger partial charge in [-0.1, -0.05) is 42.5 Å². The summed E-state index contributed by atoms with van der Waals surface area (Å²) in [7, 11) is 1.98. The Hall–Kier alpha value is -3.77. The third-order valence-corrected chi connectivity index (χ3v) is 5.39. The first-order chi connectivity index (χ1) is 15.0. The van der Waals surface area contributed by atoms with Gasteiger partial charge in [0, 0.05) is 17.3 Å². The van der Waals surface area contributed by atoms with Crippen LogP contribution in [0.3, 0.4) is 0 Å². The van der Waals surface area contributed by atoms with Crippen LogP contribution in [0.5, 0.6) is 0 Å². The zero-order valence-corrected chi connectivity index (χ0v) is 17.5. The summed E-state index contributed by atoms with van der Waals surface area (Å²) in [6.45, 7) is 2.57. The fourth-order valence-corrected chi connectivity index (χ4v) is 3.51. The molecule has 0 bridgehead atoms. The number of rotatable bonds is 6. The Balaban J connectivity index is 1.49. The highest BCUT2D eigenvalue weighted by Gasteiger charge is 2.15. The Bertz CT molecular complexity index is 1270. The normalized spacial score (nSPS) is 12.1. The number of hydrogen-bond donors (Lipinski definition) is 2. The molecule has 156 valence electrons. The molecule has 1 amide bonds. The lowest BCUT2D eigenvalue weighted by molar-refractivity contribution is 0.102. The van der Waals surface area contributed by atoms with Crippen molar-refractivity contribution in [2.24, 2.45) is 0 Å². The predicted molar refractivity (Wildman–Crippen MR) is 123 cm³/mol. The number of nitrogens with zero attached hydrogens (tertiary/aromatic N) is 2. The quantitative estimate of drug-likeness (QED) is 0.493. The summed E-state index contributed by atoms with van der Waals surface area (Å²) in [6.07, 6.45) is 0. The Morgan fingerprint density at radius 1 is 1.03 bits per heavy atom. The van der Waals surface area contributed by atoms with Gasteiger partial charge in [0.25, 0.3) is 11.5 Å². The number of aromatic amines is 1. The first-order valence-electron chi connectivity index (χ1n) is 10.2. The Morgan fingerprint density at radius 2 is 1.77 bits per heavy atom. The number of carbonyl (C=O) groups excluding carboxylic acids is 1. The minimum atomic E-state index is -0.142. The van der Waals surface area contributed by atoms with E-state index in [1.54, 1.807) is 18.2 Å². The number of benzene rings is 3. The molecule has 1 heterocycles. The van der Waals surface area contributed by atoms with Gasteiger partial charge in [-0.15, -0.1) is 0 Å². The van der Waals surface area contributed by atoms with E-state index in [2.05, 4.69) is 27.1 Å². The maximum atomic E-state index is 12.4. The molecule has 0 saturated carbocycles. The minimum absolute atomic E-state index is 0.0466. The summed E-state index contributed by atoms with van der Waals surface area (Å²) in [5, 5.41) is 3.54. The molecule has 0 aliphatic carbocycles. The van der Waals surface area contributed by atoms with Crippen molar-refractivity contribution in [2.75, 3.05) is 12.4 Å².